The Hall–Kier alpha value is -1.92. The molecule has 1 heterocycles. The molecule has 7 nitrogen and oxygen atoms in total. The number of nitrogens with zero attached hydrogens (tertiary/aromatic N) is 4. The second-order valence-corrected chi connectivity index (χ2v) is 6.92. The monoisotopic (exact) mass is 351 g/mol. The molecule has 0 saturated heterocycles. The smallest absolute Gasteiger partial charge is 0.222 e. The number of rotatable bonds is 11. The zero-order valence-corrected chi connectivity index (χ0v) is 16.3. The summed E-state index contributed by atoms with van der Waals surface area (Å²) in [5, 5.41) is 11.0. The van der Waals surface area contributed by atoms with Gasteiger partial charge >= 0.3 is 0 Å². The molecule has 142 valence electrons. The van der Waals surface area contributed by atoms with E-state index >= 15 is 0 Å². The van der Waals surface area contributed by atoms with Gasteiger partial charge in [-0.05, 0) is 26.7 Å². The van der Waals surface area contributed by atoms with Gasteiger partial charge in [-0.1, -0.05) is 32.4 Å². The van der Waals surface area contributed by atoms with Crippen LogP contribution in [-0.4, -0.2) is 43.8 Å². The van der Waals surface area contributed by atoms with Crippen molar-refractivity contribution in [1.82, 2.24) is 25.2 Å². The number of carbonyl (C=O) groups is 2. The minimum atomic E-state index is -0.231. The molecule has 0 atom stereocenters. The Kier molecular flexibility index (Phi) is 8.58. The molecular weight excluding hydrogens is 318 g/mol. The third-order valence-corrected chi connectivity index (χ3v) is 4.40. The summed E-state index contributed by atoms with van der Waals surface area (Å²) < 4.78 is 1.78. The standard InChI is InChI=1S/C18H33N5O2/c1-6-9-11-23(17(25)8-3)18(4,5)10-12-22-14-15(20-21-22)13-19-16(24)7-2/h14H,6-13H2,1-5H3,(H,19,24). The Bertz CT molecular complexity index is 553. The van der Waals surface area contributed by atoms with Crippen molar-refractivity contribution in [2.45, 2.75) is 85.4 Å². The molecule has 0 fully saturated rings. The van der Waals surface area contributed by atoms with E-state index in [-0.39, 0.29) is 17.4 Å². The first-order chi connectivity index (χ1) is 11.8. The van der Waals surface area contributed by atoms with Crippen molar-refractivity contribution in [2.24, 2.45) is 0 Å². The van der Waals surface area contributed by atoms with E-state index in [1.807, 2.05) is 24.9 Å². The normalized spacial score (nSPS) is 11.4. The van der Waals surface area contributed by atoms with E-state index in [1.165, 1.54) is 0 Å². The molecule has 1 aromatic rings. The summed E-state index contributed by atoms with van der Waals surface area (Å²) in [6, 6.07) is 0. The van der Waals surface area contributed by atoms with E-state index in [4.69, 9.17) is 0 Å². The van der Waals surface area contributed by atoms with Gasteiger partial charge in [0.25, 0.3) is 0 Å². The number of unbranched alkanes of at least 4 members (excludes halogenated alkanes) is 1. The van der Waals surface area contributed by atoms with Gasteiger partial charge < -0.3 is 10.2 Å². The summed E-state index contributed by atoms with van der Waals surface area (Å²) >= 11 is 0. The molecule has 2 amide bonds. The van der Waals surface area contributed by atoms with Crippen LogP contribution < -0.4 is 5.32 Å². The topological polar surface area (TPSA) is 80.1 Å². The van der Waals surface area contributed by atoms with E-state index in [0.29, 0.717) is 25.9 Å². The van der Waals surface area contributed by atoms with Gasteiger partial charge in [-0.15, -0.1) is 5.10 Å². The minimum absolute atomic E-state index is 0.000303. The second-order valence-electron chi connectivity index (χ2n) is 6.92. The van der Waals surface area contributed by atoms with Gasteiger partial charge in [-0.3, -0.25) is 14.3 Å². The van der Waals surface area contributed by atoms with Crippen LogP contribution in [0.2, 0.25) is 0 Å². The van der Waals surface area contributed by atoms with Crippen LogP contribution in [0.15, 0.2) is 6.20 Å². The van der Waals surface area contributed by atoms with Gasteiger partial charge in [0.2, 0.25) is 11.8 Å². The number of aryl methyl sites for hydroxylation is 1. The summed E-state index contributed by atoms with van der Waals surface area (Å²) in [5.41, 5.74) is 0.511. The first kappa shape index (κ1) is 21.1. The minimum Gasteiger partial charge on any atom is -0.350 e. The molecule has 0 aliphatic heterocycles. The van der Waals surface area contributed by atoms with Crippen LogP contribution in [0.3, 0.4) is 0 Å². The van der Waals surface area contributed by atoms with Gasteiger partial charge in [0.15, 0.2) is 0 Å². The second kappa shape index (κ2) is 10.2. The van der Waals surface area contributed by atoms with Gasteiger partial charge in [-0.2, -0.15) is 0 Å². The number of hydrogen-bond donors (Lipinski definition) is 1. The maximum Gasteiger partial charge on any atom is 0.222 e. The molecule has 1 N–H and O–H groups in total. The molecule has 1 aromatic heterocycles. The lowest BCUT2D eigenvalue weighted by Crippen LogP contribution is -2.48. The number of aromatic nitrogens is 3. The lowest BCUT2D eigenvalue weighted by molar-refractivity contribution is -0.136. The Morgan fingerprint density at radius 3 is 2.56 bits per heavy atom. The molecular formula is C18H33N5O2. The Morgan fingerprint density at radius 1 is 1.24 bits per heavy atom. The number of amides is 2. The molecule has 0 aliphatic carbocycles. The summed E-state index contributed by atoms with van der Waals surface area (Å²) in [6.07, 6.45) is 5.72. The molecule has 0 spiro atoms. The molecule has 7 heteroatoms. The Balaban J connectivity index is 2.62. The molecule has 25 heavy (non-hydrogen) atoms. The average molecular weight is 351 g/mol. The third kappa shape index (κ3) is 6.84. The van der Waals surface area contributed by atoms with Crippen molar-refractivity contribution in [3.8, 4) is 0 Å². The lowest BCUT2D eigenvalue weighted by Gasteiger charge is -2.39. The van der Waals surface area contributed by atoms with E-state index < -0.39 is 0 Å². The van der Waals surface area contributed by atoms with Crippen LogP contribution in [0.4, 0.5) is 0 Å². The van der Waals surface area contributed by atoms with Gasteiger partial charge in [0, 0.05) is 31.5 Å². The fraction of sp³-hybridized carbons (Fsp3) is 0.778. The van der Waals surface area contributed by atoms with Crippen molar-refractivity contribution in [2.75, 3.05) is 6.54 Å². The molecule has 0 unspecified atom stereocenters. The molecule has 0 radical (unpaired) electrons. The van der Waals surface area contributed by atoms with E-state index in [1.54, 1.807) is 4.68 Å². The highest BCUT2D eigenvalue weighted by atomic mass is 16.2. The SMILES string of the molecule is CCCCN(C(=O)CC)C(C)(C)CCn1cc(CNC(=O)CC)nn1. The van der Waals surface area contributed by atoms with Crippen molar-refractivity contribution in [3.05, 3.63) is 11.9 Å². The predicted molar refractivity (Wildman–Crippen MR) is 97.8 cm³/mol. The molecule has 0 saturated carbocycles. The lowest BCUT2D eigenvalue weighted by atomic mass is 9.97. The maximum atomic E-state index is 12.3. The van der Waals surface area contributed by atoms with Crippen LogP contribution >= 0.6 is 0 Å². The van der Waals surface area contributed by atoms with Crippen LogP contribution in [0.5, 0.6) is 0 Å². The highest BCUT2D eigenvalue weighted by Gasteiger charge is 2.29. The number of hydrogen-bond acceptors (Lipinski definition) is 4. The highest BCUT2D eigenvalue weighted by Crippen LogP contribution is 2.21. The largest absolute Gasteiger partial charge is 0.350 e. The van der Waals surface area contributed by atoms with Crippen molar-refractivity contribution in [3.63, 3.8) is 0 Å². The van der Waals surface area contributed by atoms with Crippen LogP contribution in [0.1, 0.15) is 72.4 Å². The summed E-state index contributed by atoms with van der Waals surface area (Å²) in [7, 11) is 0. The first-order valence-electron chi connectivity index (χ1n) is 9.30. The zero-order valence-electron chi connectivity index (χ0n) is 16.3. The van der Waals surface area contributed by atoms with Crippen molar-refractivity contribution < 1.29 is 9.59 Å². The summed E-state index contributed by atoms with van der Waals surface area (Å²) in [4.78, 5) is 25.6. The van der Waals surface area contributed by atoms with Crippen molar-refractivity contribution >= 4 is 11.8 Å². The summed E-state index contributed by atoms with van der Waals surface area (Å²) in [5.74, 6) is 0.195. The van der Waals surface area contributed by atoms with Crippen LogP contribution in [0.25, 0.3) is 0 Å². The third-order valence-electron chi connectivity index (χ3n) is 4.40. The van der Waals surface area contributed by atoms with Crippen LogP contribution in [0, 0.1) is 0 Å². The molecule has 0 aromatic carbocycles. The molecule has 1 rings (SSSR count). The fourth-order valence-electron chi connectivity index (χ4n) is 2.64. The summed E-state index contributed by atoms with van der Waals surface area (Å²) in [6.45, 7) is 11.9. The zero-order chi connectivity index (χ0) is 18.9. The number of carbonyl (C=O) groups excluding carboxylic acids is 2. The van der Waals surface area contributed by atoms with E-state index in [2.05, 4.69) is 36.4 Å². The van der Waals surface area contributed by atoms with E-state index in [9.17, 15) is 9.59 Å². The maximum absolute atomic E-state index is 12.3. The van der Waals surface area contributed by atoms with Gasteiger partial charge in [0.1, 0.15) is 5.69 Å². The van der Waals surface area contributed by atoms with Crippen LogP contribution in [-0.2, 0) is 22.7 Å². The molecule has 0 aliphatic rings. The van der Waals surface area contributed by atoms with Gasteiger partial charge in [0.05, 0.1) is 12.7 Å². The predicted octanol–water partition coefficient (Wildman–Crippen LogP) is 2.51. The average Bonchev–Trinajstić information content (AvgIpc) is 3.05. The van der Waals surface area contributed by atoms with E-state index in [0.717, 1.165) is 31.5 Å². The molecule has 0 bridgehead atoms. The van der Waals surface area contributed by atoms with Gasteiger partial charge in [-0.25, -0.2) is 0 Å². The first-order valence-corrected chi connectivity index (χ1v) is 9.30. The Morgan fingerprint density at radius 2 is 1.96 bits per heavy atom. The number of nitrogens with one attached hydrogen (secondary N) is 1. The highest BCUT2D eigenvalue weighted by molar-refractivity contribution is 5.76. The fourth-order valence-corrected chi connectivity index (χ4v) is 2.64. The van der Waals surface area contributed by atoms with Crippen molar-refractivity contribution in [1.29, 1.82) is 0 Å². The quantitative estimate of drug-likeness (QED) is 0.664. The Labute approximate surface area is 151 Å².